The van der Waals surface area contributed by atoms with Crippen LogP contribution in [0.25, 0.3) is 12.2 Å². The lowest BCUT2D eigenvalue weighted by Crippen LogP contribution is -2.24. The highest BCUT2D eigenvalue weighted by molar-refractivity contribution is 6.07. The van der Waals surface area contributed by atoms with Crippen molar-refractivity contribution in [3.8, 4) is 34.5 Å². The highest BCUT2D eigenvalue weighted by Crippen LogP contribution is 2.36. The molecule has 0 atom stereocenters. The van der Waals surface area contributed by atoms with Gasteiger partial charge in [0.05, 0.1) is 34.9 Å². The predicted molar refractivity (Wildman–Crippen MR) is 307 cm³/mol. The van der Waals surface area contributed by atoms with Crippen LogP contribution in [0.3, 0.4) is 0 Å². The standard InChI is InChI=1S/2C32H42O8/c1-10-36-27-18-28(38-20-40-30(35)32(7,8)9)25(21(2)3)17-23(27)13-16-26(33)22-11-14-24(15-12-22)37-19-39-29(34)31(4,5)6;1-9-11-23-18-24(27(36-10-2)19-28(23)38-21-40-30(35)32(6,7)8)14-17-26(33)22-12-15-25(16-13-22)37-20-39-29(34)31(3,4)5/h11-18,21H,10,19-20H2,1-9H3;12-19H,9-11,20-21H2,1-8H3/b16-13+;17-14+. The van der Waals surface area contributed by atoms with Crippen molar-refractivity contribution in [2.24, 2.45) is 21.7 Å². The minimum atomic E-state index is -0.629. The Balaban J connectivity index is 0.000000420. The number of hydrogen-bond acceptors (Lipinski definition) is 16. The van der Waals surface area contributed by atoms with Crippen molar-refractivity contribution in [2.45, 2.75) is 136 Å². The number of rotatable bonds is 25. The summed E-state index contributed by atoms with van der Waals surface area (Å²) in [5, 5.41) is 0. The van der Waals surface area contributed by atoms with Crippen LogP contribution in [0.2, 0.25) is 0 Å². The second-order valence-corrected chi connectivity index (χ2v) is 22.9. The monoisotopic (exact) mass is 1110 g/mol. The van der Waals surface area contributed by atoms with E-state index in [1.165, 1.54) is 12.2 Å². The molecule has 4 aromatic carbocycles. The molecule has 0 aliphatic carbocycles. The minimum absolute atomic E-state index is 0.0991. The molecule has 80 heavy (non-hydrogen) atoms. The van der Waals surface area contributed by atoms with Crippen molar-refractivity contribution in [1.29, 1.82) is 0 Å². The molecule has 0 saturated carbocycles. The molecule has 0 spiro atoms. The van der Waals surface area contributed by atoms with Crippen molar-refractivity contribution >= 4 is 47.6 Å². The van der Waals surface area contributed by atoms with E-state index in [2.05, 4.69) is 6.92 Å². The van der Waals surface area contributed by atoms with Crippen LogP contribution < -0.4 is 28.4 Å². The molecule has 0 bridgehead atoms. The Bertz CT molecular complexity index is 2760. The van der Waals surface area contributed by atoms with Gasteiger partial charge in [-0.05, 0) is 205 Å². The second-order valence-electron chi connectivity index (χ2n) is 22.9. The molecule has 0 aliphatic rings. The third-order valence-corrected chi connectivity index (χ3v) is 11.3. The Morgan fingerprint density at radius 3 is 1.10 bits per heavy atom. The van der Waals surface area contributed by atoms with Crippen LogP contribution in [0, 0.1) is 21.7 Å². The zero-order valence-electron chi connectivity index (χ0n) is 50.0. The average molecular weight is 1110 g/mol. The van der Waals surface area contributed by atoms with Gasteiger partial charge in [-0.25, -0.2) is 0 Å². The molecule has 16 heteroatoms. The van der Waals surface area contributed by atoms with Crippen LogP contribution in [0.1, 0.15) is 173 Å². The van der Waals surface area contributed by atoms with E-state index in [0.29, 0.717) is 58.8 Å². The van der Waals surface area contributed by atoms with Gasteiger partial charge in [0.15, 0.2) is 11.6 Å². The zero-order chi connectivity index (χ0) is 60.0. The number of esters is 4. The van der Waals surface area contributed by atoms with Gasteiger partial charge in [-0.1, -0.05) is 27.2 Å². The van der Waals surface area contributed by atoms with E-state index in [1.807, 2.05) is 39.8 Å². The van der Waals surface area contributed by atoms with Crippen molar-refractivity contribution < 1.29 is 76.1 Å². The van der Waals surface area contributed by atoms with Crippen LogP contribution in [0.15, 0.2) is 84.9 Å². The topological polar surface area (TPSA) is 195 Å². The lowest BCUT2D eigenvalue weighted by molar-refractivity contribution is -0.160. The van der Waals surface area contributed by atoms with Crippen molar-refractivity contribution in [2.75, 3.05) is 40.4 Å². The van der Waals surface area contributed by atoms with Crippen molar-refractivity contribution in [1.82, 2.24) is 0 Å². The van der Waals surface area contributed by atoms with Gasteiger partial charge in [0.25, 0.3) is 0 Å². The van der Waals surface area contributed by atoms with Crippen LogP contribution in [-0.2, 0) is 44.5 Å². The second kappa shape index (κ2) is 30.7. The van der Waals surface area contributed by atoms with Crippen LogP contribution in [0.4, 0.5) is 0 Å². The first-order valence-corrected chi connectivity index (χ1v) is 26.8. The molecule has 0 unspecified atom stereocenters. The fourth-order valence-electron chi connectivity index (χ4n) is 6.63. The summed E-state index contributed by atoms with van der Waals surface area (Å²) in [5.41, 5.74) is 1.72. The Morgan fingerprint density at radius 1 is 0.425 bits per heavy atom. The maximum atomic E-state index is 12.9. The van der Waals surface area contributed by atoms with Crippen LogP contribution >= 0.6 is 0 Å². The largest absolute Gasteiger partial charge is 0.493 e. The van der Waals surface area contributed by atoms with E-state index in [1.54, 1.807) is 156 Å². The third kappa shape index (κ3) is 22.3. The van der Waals surface area contributed by atoms with E-state index in [4.69, 9.17) is 47.4 Å². The van der Waals surface area contributed by atoms with Gasteiger partial charge in [-0.15, -0.1) is 0 Å². The minimum Gasteiger partial charge on any atom is -0.493 e. The highest BCUT2D eigenvalue weighted by atomic mass is 16.7. The lowest BCUT2D eigenvalue weighted by Gasteiger charge is -2.20. The predicted octanol–water partition coefficient (Wildman–Crippen LogP) is 13.7. The van der Waals surface area contributed by atoms with Gasteiger partial charge in [-0.2, -0.15) is 0 Å². The SMILES string of the molecule is CCCc1cc(/C=C/C(=O)c2ccc(OCOC(=O)C(C)(C)C)cc2)c(OCC)cc1OCOC(=O)C(C)(C)C.CCOc1cc(OCOC(=O)C(C)(C)C)c(C(C)C)cc1/C=C/C(=O)c1ccc(OCOC(=O)C(C)(C)C)cc1. The number of ketones is 2. The summed E-state index contributed by atoms with van der Waals surface area (Å²) in [5.74, 6) is 1.45. The first-order valence-electron chi connectivity index (χ1n) is 26.8. The molecule has 0 radical (unpaired) electrons. The summed E-state index contributed by atoms with van der Waals surface area (Å²) in [7, 11) is 0. The number of aryl methyl sites for hydroxylation is 1. The van der Waals surface area contributed by atoms with Gasteiger partial charge in [0.2, 0.25) is 27.2 Å². The first-order chi connectivity index (χ1) is 37.4. The van der Waals surface area contributed by atoms with Crippen molar-refractivity contribution in [3.63, 3.8) is 0 Å². The van der Waals surface area contributed by atoms with E-state index >= 15 is 0 Å². The zero-order valence-corrected chi connectivity index (χ0v) is 50.0. The molecule has 436 valence electrons. The lowest BCUT2D eigenvalue weighted by atomic mass is 9.97. The maximum absolute atomic E-state index is 12.9. The van der Waals surface area contributed by atoms with E-state index in [-0.39, 0.29) is 68.5 Å². The Morgan fingerprint density at radius 2 is 0.762 bits per heavy atom. The van der Waals surface area contributed by atoms with Gasteiger partial charge in [0.1, 0.15) is 34.5 Å². The summed E-state index contributed by atoms with van der Waals surface area (Å²) in [6.45, 7) is 31.1. The molecular weight excluding hydrogens is 1020 g/mol. The number of ether oxygens (including phenoxy) is 10. The van der Waals surface area contributed by atoms with Gasteiger partial charge < -0.3 is 47.4 Å². The number of allylic oxidation sites excluding steroid dienone is 2. The Hall–Kier alpha value is -7.62. The van der Waals surface area contributed by atoms with E-state index in [9.17, 15) is 28.8 Å². The molecular formula is C64H84O16. The molecule has 0 amide bonds. The maximum Gasteiger partial charge on any atom is 0.314 e. The molecule has 0 saturated heterocycles. The Kier molecular flexibility index (Phi) is 25.6. The molecule has 0 heterocycles. The Labute approximate surface area is 473 Å². The number of benzene rings is 4. The summed E-state index contributed by atoms with van der Waals surface area (Å²) >= 11 is 0. The normalized spacial score (nSPS) is 11.8. The molecule has 0 aromatic heterocycles. The smallest absolute Gasteiger partial charge is 0.314 e. The van der Waals surface area contributed by atoms with Gasteiger partial charge in [0, 0.05) is 34.4 Å². The molecule has 16 nitrogen and oxygen atoms in total. The number of hydrogen-bond donors (Lipinski definition) is 0. The van der Waals surface area contributed by atoms with E-state index in [0.717, 1.165) is 35.1 Å². The molecule has 0 fully saturated rings. The summed E-state index contributed by atoms with van der Waals surface area (Å²) in [4.78, 5) is 73.6. The number of carbonyl (C=O) groups is 6. The summed E-state index contributed by atoms with van der Waals surface area (Å²) in [6.07, 6.45) is 7.99. The van der Waals surface area contributed by atoms with E-state index < -0.39 is 21.7 Å². The van der Waals surface area contributed by atoms with Crippen LogP contribution in [0.5, 0.6) is 34.5 Å². The first kappa shape index (κ1) is 66.7. The molecule has 4 aromatic rings. The summed E-state index contributed by atoms with van der Waals surface area (Å²) < 4.78 is 54.9. The van der Waals surface area contributed by atoms with Gasteiger partial charge in [-0.3, -0.25) is 28.8 Å². The fourth-order valence-corrected chi connectivity index (χ4v) is 6.63. The fraction of sp³-hybridized carbons (Fsp3) is 0.469. The summed E-state index contributed by atoms with van der Waals surface area (Å²) in [6, 6.07) is 20.5. The average Bonchev–Trinajstić information content (AvgIpc) is 3.37. The highest BCUT2D eigenvalue weighted by Gasteiger charge is 2.26. The van der Waals surface area contributed by atoms with Crippen LogP contribution in [-0.4, -0.2) is 75.8 Å². The molecule has 4 rings (SSSR count). The van der Waals surface area contributed by atoms with Crippen molar-refractivity contribution in [3.05, 3.63) is 118 Å². The molecule has 0 N–H and O–H groups in total. The number of carbonyl (C=O) groups excluding carboxylic acids is 6. The third-order valence-electron chi connectivity index (χ3n) is 11.3. The quantitative estimate of drug-likeness (QED) is 0.0200. The molecule has 0 aliphatic heterocycles. The van der Waals surface area contributed by atoms with Gasteiger partial charge >= 0.3 is 23.9 Å².